The van der Waals surface area contributed by atoms with Gasteiger partial charge in [0.15, 0.2) is 0 Å². The van der Waals surface area contributed by atoms with Crippen molar-refractivity contribution in [1.82, 2.24) is 14.7 Å². The topological polar surface area (TPSA) is 53.1 Å². The van der Waals surface area contributed by atoms with Gasteiger partial charge in [0.1, 0.15) is 0 Å². The highest BCUT2D eigenvalue weighted by Gasteiger charge is 2.17. The van der Waals surface area contributed by atoms with Crippen LogP contribution in [0.3, 0.4) is 0 Å². The Bertz CT molecular complexity index is 349. The molecule has 0 saturated carbocycles. The molecule has 2 saturated heterocycles. The first-order chi connectivity index (χ1) is 11.1. The summed E-state index contributed by atoms with van der Waals surface area (Å²) in [5.41, 5.74) is 0. The molecule has 0 aliphatic carbocycles. The Labute approximate surface area is 140 Å². The number of carbonyl (C=O) groups is 2. The molecule has 6 heteroatoms. The number of amides is 2. The van der Waals surface area contributed by atoms with Crippen LogP contribution in [-0.2, 0) is 14.3 Å². The summed E-state index contributed by atoms with van der Waals surface area (Å²) in [5.74, 6) is 0.599. The zero-order valence-electron chi connectivity index (χ0n) is 15.1. The summed E-state index contributed by atoms with van der Waals surface area (Å²) in [4.78, 5) is 28.8. The van der Waals surface area contributed by atoms with Gasteiger partial charge < -0.3 is 19.4 Å². The minimum atomic E-state index is 0.274. The predicted octanol–water partition coefficient (Wildman–Crippen LogP) is 1.21. The molecule has 0 bridgehead atoms. The standard InChI is InChI=1S/C9H18N2O.C8H15NO2/c1-3-4-9(12)11-7-5-10(2)6-8-11;1-2-3-8(10)9-4-6-11-7-5-9/h3-8H2,1-2H3;2-7H2,1H3. The SMILES string of the molecule is CCCC(=O)N1CCN(C)CC1.CCCC(=O)N1CCOCC1. The summed E-state index contributed by atoms with van der Waals surface area (Å²) in [6.45, 7) is 10.9. The Hall–Kier alpha value is -1.14. The highest BCUT2D eigenvalue weighted by Crippen LogP contribution is 2.03. The minimum absolute atomic E-state index is 0.274. The van der Waals surface area contributed by atoms with E-state index in [4.69, 9.17) is 4.74 Å². The van der Waals surface area contributed by atoms with Gasteiger partial charge in [0.25, 0.3) is 0 Å². The van der Waals surface area contributed by atoms with E-state index in [0.29, 0.717) is 32.0 Å². The first kappa shape index (κ1) is 19.9. The second-order valence-electron chi connectivity index (χ2n) is 6.18. The highest BCUT2D eigenvalue weighted by molar-refractivity contribution is 5.76. The molecule has 134 valence electrons. The summed E-state index contributed by atoms with van der Waals surface area (Å²) in [7, 11) is 2.10. The fourth-order valence-electron chi connectivity index (χ4n) is 2.61. The van der Waals surface area contributed by atoms with Gasteiger partial charge in [-0.05, 0) is 19.9 Å². The van der Waals surface area contributed by atoms with Gasteiger partial charge in [0, 0.05) is 52.1 Å². The third-order valence-electron chi connectivity index (χ3n) is 4.15. The lowest BCUT2D eigenvalue weighted by molar-refractivity contribution is -0.135. The second-order valence-corrected chi connectivity index (χ2v) is 6.18. The Morgan fingerprint density at radius 1 is 0.783 bits per heavy atom. The van der Waals surface area contributed by atoms with Crippen LogP contribution in [0.25, 0.3) is 0 Å². The number of ether oxygens (including phenoxy) is 1. The van der Waals surface area contributed by atoms with E-state index in [1.807, 2.05) is 23.6 Å². The first-order valence-corrected chi connectivity index (χ1v) is 8.90. The molecule has 0 aromatic heterocycles. The molecule has 2 rings (SSSR count). The average Bonchev–Trinajstić information content (AvgIpc) is 2.57. The maximum absolute atomic E-state index is 11.4. The van der Waals surface area contributed by atoms with Crippen molar-refractivity contribution >= 4 is 11.8 Å². The molecule has 0 unspecified atom stereocenters. The number of rotatable bonds is 4. The first-order valence-electron chi connectivity index (χ1n) is 8.90. The molecule has 2 fully saturated rings. The van der Waals surface area contributed by atoms with Gasteiger partial charge in [-0.3, -0.25) is 9.59 Å². The molecule has 0 N–H and O–H groups in total. The summed E-state index contributed by atoms with van der Waals surface area (Å²) < 4.78 is 5.13. The van der Waals surface area contributed by atoms with Gasteiger partial charge in [-0.15, -0.1) is 0 Å². The van der Waals surface area contributed by atoms with Gasteiger partial charge >= 0.3 is 0 Å². The van der Waals surface area contributed by atoms with Crippen LogP contribution < -0.4 is 0 Å². The predicted molar refractivity (Wildman–Crippen MR) is 91.3 cm³/mol. The number of morpholine rings is 1. The van der Waals surface area contributed by atoms with Gasteiger partial charge in [-0.25, -0.2) is 0 Å². The van der Waals surface area contributed by atoms with Crippen LogP contribution in [0.4, 0.5) is 0 Å². The number of carbonyl (C=O) groups excluding carboxylic acids is 2. The van der Waals surface area contributed by atoms with Gasteiger partial charge in [-0.1, -0.05) is 13.8 Å². The lowest BCUT2D eigenvalue weighted by Crippen LogP contribution is -2.47. The number of likely N-dealkylation sites (N-methyl/N-ethyl adjacent to an activating group) is 1. The van der Waals surface area contributed by atoms with Crippen molar-refractivity contribution < 1.29 is 14.3 Å². The molecule has 0 aromatic rings. The maximum atomic E-state index is 11.4. The van der Waals surface area contributed by atoms with Crippen LogP contribution in [0.2, 0.25) is 0 Å². The van der Waals surface area contributed by atoms with Crippen LogP contribution in [0.15, 0.2) is 0 Å². The fourth-order valence-corrected chi connectivity index (χ4v) is 2.61. The number of hydrogen-bond acceptors (Lipinski definition) is 4. The molecule has 0 atom stereocenters. The molecule has 0 spiro atoms. The zero-order valence-corrected chi connectivity index (χ0v) is 15.1. The second kappa shape index (κ2) is 11.4. The van der Waals surface area contributed by atoms with E-state index >= 15 is 0 Å². The van der Waals surface area contributed by atoms with Crippen molar-refractivity contribution in [2.75, 3.05) is 59.5 Å². The molecule has 23 heavy (non-hydrogen) atoms. The number of piperazine rings is 1. The Morgan fingerprint density at radius 2 is 1.22 bits per heavy atom. The van der Waals surface area contributed by atoms with Crippen LogP contribution in [0.1, 0.15) is 39.5 Å². The lowest BCUT2D eigenvalue weighted by atomic mass is 10.2. The van der Waals surface area contributed by atoms with Crippen molar-refractivity contribution in [2.24, 2.45) is 0 Å². The van der Waals surface area contributed by atoms with Crippen molar-refractivity contribution in [3.8, 4) is 0 Å². The summed E-state index contributed by atoms with van der Waals surface area (Å²) >= 11 is 0. The average molecular weight is 327 g/mol. The van der Waals surface area contributed by atoms with Gasteiger partial charge in [0.05, 0.1) is 13.2 Å². The third kappa shape index (κ3) is 7.79. The number of hydrogen-bond donors (Lipinski definition) is 0. The van der Waals surface area contributed by atoms with Gasteiger partial charge in [0.2, 0.25) is 11.8 Å². The van der Waals surface area contributed by atoms with E-state index in [2.05, 4.69) is 11.9 Å². The van der Waals surface area contributed by atoms with Gasteiger partial charge in [-0.2, -0.15) is 0 Å². The maximum Gasteiger partial charge on any atom is 0.222 e. The molecule has 0 radical (unpaired) electrons. The summed E-state index contributed by atoms with van der Waals surface area (Å²) in [6, 6.07) is 0. The Morgan fingerprint density at radius 3 is 1.65 bits per heavy atom. The van der Waals surface area contributed by atoms with Crippen molar-refractivity contribution in [2.45, 2.75) is 39.5 Å². The molecule has 2 amide bonds. The summed E-state index contributed by atoms with van der Waals surface area (Å²) in [5, 5.41) is 0. The molecule has 2 aliphatic rings. The van der Waals surface area contributed by atoms with E-state index in [0.717, 1.165) is 52.1 Å². The van der Waals surface area contributed by atoms with Crippen LogP contribution >= 0.6 is 0 Å². The smallest absolute Gasteiger partial charge is 0.222 e. The zero-order chi connectivity index (χ0) is 17.1. The molecule has 6 nitrogen and oxygen atoms in total. The van der Waals surface area contributed by atoms with E-state index in [1.54, 1.807) is 0 Å². The third-order valence-corrected chi connectivity index (χ3v) is 4.15. The van der Waals surface area contributed by atoms with Crippen LogP contribution in [0.5, 0.6) is 0 Å². The van der Waals surface area contributed by atoms with Crippen molar-refractivity contribution in [3.63, 3.8) is 0 Å². The van der Waals surface area contributed by atoms with E-state index in [-0.39, 0.29) is 5.91 Å². The molecular formula is C17H33N3O3. The molecule has 2 heterocycles. The molecular weight excluding hydrogens is 294 g/mol. The Balaban J connectivity index is 0.000000231. The largest absolute Gasteiger partial charge is 0.378 e. The highest BCUT2D eigenvalue weighted by atomic mass is 16.5. The summed E-state index contributed by atoms with van der Waals surface area (Å²) in [6.07, 6.45) is 3.30. The fraction of sp³-hybridized carbons (Fsp3) is 0.882. The Kier molecular flexibility index (Phi) is 9.87. The van der Waals surface area contributed by atoms with Crippen molar-refractivity contribution in [3.05, 3.63) is 0 Å². The van der Waals surface area contributed by atoms with E-state index in [1.165, 1.54) is 0 Å². The lowest BCUT2D eigenvalue weighted by Gasteiger charge is -2.32. The monoisotopic (exact) mass is 327 g/mol. The van der Waals surface area contributed by atoms with E-state index in [9.17, 15) is 9.59 Å². The normalized spacial score (nSPS) is 19.1. The quantitative estimate of drug-likeness (QED) is 0.779. The van der Waals surface area contributed by atoms with Crippen LogP contribution in [0, 0.1) is 0 Å². The van der Waals surface area contributed by atoms with E-state index < -0.39 is 0 Å². The molecule has 0 aromatic carbocycles. The molecule has 2 aliphatic heterocycles. The number of nitrogens with zero attached hydrogens (tertiary/aromatic N) is 3. The van der Waals surface area contributed by atoms with Crippen LogP contribution in [-0.4, -0.2) is 86.0 Å². The van der Waals surface area contributed by atoms with Crippen molar-refractivity contribution in [1.29, 1.82) is 0 Å². The minimum Gasteiger partial charge on any atom is -0.378 e.